The van der Waals surface area contributed by atoms with Crippen LogP contribution in [0.3, 0.4) is 0 Å². The summed E-state index contributed by atoms with van der Waals surface area (Å²) in [7, 11) is 3.17. The molecule has 172 valence electrons. The van der Waals surface area contributed by atoms with Crippen molar-refractivity contribution in [3.63, 3.8) is 0 Å². The summed E-state index contributed by atoms with van der Waals surface area (Å²) >= 11 is 0. The zero-order valence-corrected chi connectivity index (χ0v) is 18.7. The van der Waals surface area contributed by atoms with Gasteiger partial charge in [0, 0.05) is 18.4 Å². The molecule has 1 amide bonds. The summed E-state index contributed by atoms with van der Waals surface area (Å²) in [6.07, 6.45) is 1.26. The molecular formula is C24H25FN4O4. The minimum absolute atomic E-state index is 0.211. The zero-order valence-electron chi connectivity index (χ0n) is 18.7. The lowest BCUT2D eigenvalue weighted by Crippen LogP contribution is -2.30. The first-order chi connectivity index (χ1) is 16.0. The Morgan fingerprint density at radius 3 is 2.61 bits per heavy atom. The number of amides is 1. The molecule has 0 saturated carbocycles. The predicted molar refractivity (Wildman–Crippen MR) is 122 cm³/mol. The first-order valence-electron chi connectivity index (χ1n) is 10.6. The van der Waals surface area contributed by atoms with E-state index in [4.69, 9.17) is 14.2 Å². The summed E-state index contributed by atoms with van der Waals surface area (Å²) in [5.74, 6) is 1.63. The Kier molecular flexibility index (Phi) is 6.58. The topological polar surface area (TPSA) is 87.0 Å². The Labute approximate surface area is 190 Å². The number of carbonyl (C=O) groups is 1. The van der Waals surface area contributed by atoms with E-state index in [0.717, 1.165) is 16.9 Å². The molecule has 0 aliphatic rings. The second-order valence-electron chi connectivity index (χ2n) is 7.42. The molecule has 0 atom stereocenters. The maximum Gasteiger partial charge on any atom is 0.258 e. The van der Waals surface area contributed by atoms with E-state index in [1.807, 2.05) is 29.5 Å². The molecule has 0 radical (unpaired) electrons. The van der Waals surface area contributed by atoms with Crippen molar-refractivity contribution in [2.75, 3.05) is 27.4 Å². The second-order valence-corrected chi connectivity index (χ2v) is 7.42. The summed E-state index contributed by atoms with van der Waals surface area (Å²) in [5.41, 5.74) is 2.45. The third-order valence-corrected chi connectivity index (χ3v) is 5.34. The Balaban J connectivity index is 1.41. The van der Waals surface area contributed by atoms with Gasteiger partial charge in [-0.25, -0.2) is 4.39 Å². The normalized spacial score (nSPS) is 11.0. The standard InChI is InChI=1S/C24H25FN4O4/c1-4-22-27-28-24(19-13-16-12-17(25)6-7-18(16)29(19)22)33-14-23(30)26-10-9-15-5-8-20(31-2)21(11-15)32-3/h5-8,11-13H,4,9-10,14H2,1-3H3,(H,26,30). The van der Waals surface area contributed by atoms with Crippen LogP contribution in [0.5, 0.6) is 17.4 Å². The number of nitrogens with one attached hydrogen (secondary N) is 1. The van der Waals surface area contributed by atoms with Crippen molar-refractivity contribution in [3.05, 3.63) is 59.7 Å². The number of carbonyl (C=O) groups excluding carboxylic acids is 1. The van der Waals surface area contributed by atoms with Crippen LogP contribution >= 0.6 is 0 Å². The molecule has 0 aliphatic heterocycles. The lowest BCUT2D eigenvalue weighted by Gasteiger charge is -2.11. The summed E-state index contributed by atoms with van der Waals surface area (Å²) in [5, 5.41) is 11.9. The highest BCUT2D eigenvalue weighted by Crippen LogP contribution is 2.28. The van der Waals surface area contributed by atoms with Crippen LogP contribution in [0.2, 0.25) is 0 Å². The highest BCUT2D eigenvalue weighted by molar-refractivity contribution is 5.89. The summed E-state index contributed by atoms with van der Waals surface area (Å²) < 4.78 is 31.8. The van der Waals surface area contributed by atoms with Crippen molar-refractivity contribution in [1.29, 1.82) is 0 Å². The molecule has 2 aromatic carbocycles. The lowest BCUT2D eigenvalue weighted by molar-refractivity contribution is -0.123. The molecule has 0 aliphatic carbocycles. The Bertz CT molecular complexity index is 1300. The van der Waals surface area contributed by atoms with E-state index in [0.29, 0.717) is 41.8 Å². The second kappa shape index (κ2) is 9.72. The average Bonchev–Trinajstić information content (AvgIpc) is 3.21. The SMILES string of the molecule is CCc1nnc(OCC(=O)NCCc2ccc(OC)c(OC)c2)c2cc3cc(F)ccc3n12. The van der Waals surface area contributed by atoms with E-state index >= 15 is 0 Å². The van der Waals surface area contributed by atoms with Gasteiger partial charge in [-0.3, -0.25) is 9.20 Å². The maximum absolute atomic E-state index is 13.7. The van der Waals surface area contributed by atoms with Crippen LogP contribution in [0.4, 0.5) is 4.39 Å². The van der Waals surface area contributed by atoms with Crippen molar-refractivity contribution in [1.82, 2.24) is 19.9 Å². The summed E-state index contributed by atoms with van der Waals surface area (Å²) in [6.45, 7) is 2.19. The molecule has 0 fully saturated rings. The van der Waals surface area contributed by atoms with Gasteiger partial charge in [0.05, 0.1) is 19.7 Å². The fraction of sp³-hybridized carbons (Fsp3) is 0.292. The quantitative estimate of drug-likeness (QED) is 0.419. The summed E-state index contributed by atoms with van der Waals surface area (Å²) in [6, 6.07) is 12.0. The van der Waals surface area contributed by atoms with E-state index in [2.05, 4.69) is 15.5 Å². The predicted octanol–water partition coefficient (Wildman–Crippen LogP) is 3.34. The Morgan fingerprint density at radius 2 is 1.85 bits per heavy atom. The Hall–Kier alpha value is -3.88. The number of methoxy groups -OCH3 is 2. The molecule has 0 unspecified atom stereocenters. The number of halogens is 1. The molecule has 33 heavy (non-hydrogen) atoms. The van der Waals surface area contributed by atoms with E-state index in [9.17, 15) is 9.18 Å². The van der Waals surface area contributed by atoms with E-state index < -0.39 is 0 Å². The number of hydrogen-bond donors (Lipinski definition) is 1. The van der Waals surface area contributed by atoms with E-state index in [1.54, 1.807) is 26.4 Å². The third kappa shape index (κ3) is 4.67. The van der Waals surface area contributed by atoms with Crippen molar-refractivity contribution in [3.8, 4) is 17.4 Å². The first kappa shape index (κ1) is 22.3. The first-order valence-corrected chi connectivity index (χ1v) is 10.6. The number of hydrogen-bond acceptors (Lipinski definition) is 6. The monoisotopic (exact) mass is 452 g/mol. The zero-order chi connectivity index (χ0) is 23.4. The van der Waals surface area contributed by atoms with Gasteiger partial charge < -0.3 is 19.5 Å². The van der Waals surface area contributed by atoms with Crippen LogP contribution in [0.25, 0.3) is 16.4 Å². The van der Waals surface area contributed by atoms with Gasteiger partial charge in [0.25, 0.3) is 11.8 Å². The average molecular weight is 452 g/mol. The molecule has 0 spiro atoms. The van der Waals surface area contributed by atoms with Crippen LogP contribution in [0, 0.1) is 5.82 Å². The number of benzene rings is 2. The number of fused-ring (bicyclic) bond motifs is 3. The maximum atomic E-state index is 13.7. The molecule has 1 N–H and O–H groups in total. The van der Waals surface area contributed by atoms with Gasteiger partial charge in [0.2, 0.25) is 0 Å². The highest BCUT2D eigenvalue weighted by atomic mass is 19.1. The van der Waals surface area contributed by atoms with E-state index in [1.165, 1.54) is 12.1 Å². The van der Waals surface area contributed by atoms with Crippen LogP contribution in [0.1, 0.15) is 18.3 Å². The fourth-order valence-corrected chi connectivity index (χ4v) is 3.72. The van der Waals surface area contributed by atoms with Crippen molar-refractivity contribution in [2.45, 2.75) is 19.8 Å². The Morgan fingerprint density at radius 1 is 1.03 bits per heavy atom. The van der Waals surface area contributed by atoms with Gasteiger partial charge in [-0.15, -0.1) is 10.2 Å². The van der Waals surface area contributed by atoms with Crippen LogP contribution in [0.15, 0.2) is 42.5 Å². The lowest BCUT2D eigenvalue weighted by atomic mass is 10.1. The number of aromatic nitrogens is 3. The van der Waals surface area contributed by atoms with Gasteiger partial charge in [0.15, 0.2) is 18.1 Å². The van der Waals surface area contributed by atoms with Gasteiger partial charge >= 0.3 is 0 Å². The van der Waals surface area contributed by atoms with Gasteiger partial charge in [-0.05, 0) is 48.4 Å². The van der Waals surface area contributed by atoms with Crippen molar-refractivity contribution >= 4 is 22.3 Å². The molecular weight excluding hydrogens is 427 g/mol. The molecule has 0 saturated heterocycles. The van der Waals surface area contributed by atoms with Gasteiger partial charge in [-0.1, -0.05) is 13.0 Å². The molecule has 9 heteroatoms. The number of aryl methyl sites for hydroxylation is 1. The molecule has 4 rings (SSSR count). The van der Waals surface area contributed by atoms with Crippen LogP contribution in [-0.2, 0) is 17.6 Å². The molecule has 8 nitrogen and oxygen atoms in total. The van der Waals surface area contributed by atoms with Crippen LogP contribution in [-0.4, -0.2) is 47.9 Å². The largest absolute Gasteiger partial charge is 0.493 e. The number of ether oxygens (including phenoxy) is 3. The number of nitrogens with zero attached hydrogens (tertiary/aromatic N) is 3. The highest BCUT2D eigenvalue weighted by Gasteiger charge is 2.15. The third-order valence-electron chi connectivity index (χ3n) is 5.34. The smallest absolute Gasteiger partial charge is 0.258 e. The molecule has 0 bridgehead atoms. The molecule has 4 aromatic rings. The summed E-state index contributed by atoms with van der Waals surface area (Å²) in [4.78, 5) is 12.3. The fourth-order valence-electron chi connectivity index (χ4n) is 3.72. The van der Waals surface area contributed by atoms with Crippen LogP contribution < -0.4 is 19.5 Å². The molecule has 2 aromatic heterocycles. The number of rotatable bonds is 9. The minimum Gasteiger partial charge on any atom is -0.493 e. The van der Waals surface area contributed by atoms with Gasteiger partial charge in [-0.2, -0.15) is 0 Å². The van der Waals surface area contributed by atoms with Gasteiger partial charge in [0.1, 0.15) is 17.2 Å². The van der Waals surface area contributed by atoms with E-state index in [-0.39, 0.29) is 24.2 Å². The molecule has 2 heterocycles. The van der Waals surface area contributed by atoms with Crippen molar-refractivity contribution < 1.29 is 23.4 Å². The van der Waals surface area contributed by atoms with Crippen molar-refractivity contribution in [2.24, 2.45) is 0 Å². The minimum atomic E-state index is -0.325.